The number of pyridine rings is 1. The summed E-state index contributed by atoms with van der Waals surface area (Å²) in [6, 6.07) is 16.5. The average molecular weight is 528 g/mol. The average Bonchev–Trinajstić information content (AvgIpc) is 3.70. The van der Waals surface area contributed by atoms with E-state index in [-0.39, 0.29) is 24.0 Å². The molecular weight excluding hydrogens is 506 g/mol. The maximum atomic E-state index is 13.4. The van der Waals surface area contributed by atoms with Crippen LogP contribution in [0.25, 0.3) is 28.1 Å². The Morgan fingerprint density at radius 1 is 1.13 bits per heavy atom. The minimum atomic E-state index is -0.280. The Hall–Kier alpha value is -4.57. The van der Waals surface area contributed by atoms with E-state index in [1.54, 1.807) is 27.6 Å². The summed E-state index contributed by atoms with van der Waals surface area (Å²) in [5.74, 6) is 0.446. The molecule has 0 saturated heterocycles. The van der Waals surface area contributed by atoms with Crippen LogP contribution in [0.15, 0.2) is 71.9 Å². The van der Waals surface area contributed by atoms with E-state index in [1.165, 1.54) is 13.4 Å². The number of benzene rings is 2. The highest BCUT2D eigenvalue weighted by molar-refractivity contribution is 6.31. The number of nitrogens with zero attached hydrogens (tertiary/aromatic N) is 6. The third-order valence-corrected chi connectivity index (χ3v) is 6.99. The summed E-state index contributed by atoms with van der Waals surface area (Å²) in [5.41, 5.74) is 5.70. The Kier molecular flexibility index (Phi) is 6.09. The van der Waals surface area contributed by atoms with Crippen LogP contribution in [-0.4, -0.2) is 47.8 Å². The van der Waals surface area contributed by atoms with Crippen molar-refractivity contribution in [1.29, 1.82) is 0 Å². The molecule has 0 spiro atoms. The molecule has 38 heavy (non-hydrogen) atoms. The van der Waals surface area contributed by atoms with Gasteiger partial charge in [-0.05, 0) is 64.2 Å². The number of fused-ring (bicyclic) bond motifs is 1. The predicted octanol–water partition coefficient (Wildman–Crippen LogP) is 3.79. The number of carbonyl (C=O) groups excluding carboxylic acids is 1. The van der Waals surface area contributed by atoms with Crippen LogP contribution in [0.2, 0.25) is 5.02 Å². The molecule has 1 atom stereocenters. The van der Waals surface area contributed by atoms with Gasteiger partial charge in [-0.25, -0.2) is 4.98 Å². The maximum Gasteiger partial charge on any atom is 0.309 e. The van der Waals surface area contributed by atoms with Gasteiger partial charge in [0.1, 0.15) is 12.2 Å². The number of aromatic nitrogens is 7. The topological polar surface area (TPSA) is 121 Å². The molecule has 0 bridgehead atoms. The van der Waals surface area contributed by atoms with Gasteiger partial charge in [-0.15, -0.1) is 5.10 Å². The van der Waals surface area contributed by atoms with Crippen molar-refractivity contribution in [1.82, 2.24) is 34.7 Å². The molecular formula is C27H22ClN7O3. The van der Waals surface area contributed by atoms with Crippen molar-refractivity contribution in [2.45, 2.75) is 25.3 Å². The number of nitrogens with one attached hydrogen (secondary N) is 1. The van der Waals surface area contributed by atoms with Gasteiger partial charge in [-0.2, -0.15) is 4.68 Å². The summed E-state index contributed by atoms with van der Waals surface area (Å²) >= 11 is 6.30. The number of carbonyl (C=O) groups is 1. The first-order valence-electron chi connectivity index (χ1n) is 12.0. The lowest BCUT2D eigenvalue weighted by Crippen LogP contribution is -2.23. The van der Waals surface area contributed by atoms with Gasteiger partial charge >= 0.3 is 5.97 Å². The highest BCUT2D eigenvalue weighted by Gasteiger charge is 2.28. The molecule has 4 heterocycles. The van der Waals surface area contributed by atoms with Crippen molar-refractivity contribution in [2.24, 2.45) is 0 Å². The van der Waals surface area contributed by atoms with E-state index in [0.717, 1.165) is 58.0 Å². The van der Waals surface area contributed by atoms with E-state index in [1.807, 2.05) is 42.5 Å². The first kappa shape index (κ1) is 23.8. The lowest BCUT2D eigenvalue weighted by Gasteiger charge is -2.15. The predicted molar refractivity (Wildman–Crippen MR) is 140 cm³/mol. The number of halogens is 1. The Balaban J connectivity index is 1.30. The molecule has 0 saturated carbocycles. The fourth-order valence-corrected chi connectivity index (χ4v) is 5.09. The normalized spacial score (nSPS) is 14.4. The molecule has 0 aliphatic carbocycles. The lowest BCUT2D eigenvalue weighted by atomic mass is 10.0. The molecule has 0 unspecified atom stereocenters. The molecule has 1 N–H and O–H groups in total. The van der Waals surface area contributed by atoms with Crippen LogP contribution in [-0.2, 0) is 22.4 Å². The van der Waals surface area contributed by atoms with E-state index in [4.69, 9.17) is 16.3 Å². The molecule has 1 aliphatic rings. The zero-order valence-corrected chi connectivity index (χ0v) is 21.1. The van der Waals surface area contributed by atoms with E-state index in [0.29, 0.717) is 5.02 Å². The molecule has 6 rings (SSSR count). The van der Waals surface area contributed by atoms with Gasteiger partial charge in [-0.3, -0.25) is 9.59 Å². The first-order chi connectivity index (χ1) is 18.5. The van der Waals surface area contributed by atoms with Crippen molar-refractivity contribution in [3.05, 3.63) is 99.6 Å². The molecule has 10 nitrogen and oxygen atoms in total. The second kappa shape index (κ2) is 9.71. The van der Waals surface area contributed by atoms with Crippen LogP contribution in [0.3, 0.4) is 0 Å². The summed E-state index contributed by atoms with van der Waals surface area (Å²) in [5, 5.41) is 12.0. The first-order valence-corrected chi connectivity index (χ1v) is 12.4. The SMILES string of the molecule is COC(=O)Cc1ccc(-c2cnc([C@@H]3CCc4cc(-c5cc(Cl)ccc5-n5cnnn5)cc(=O)n43)[nH]2)cc1. The quantitative estimate of drug-likeness (QED) is 0.333. The van der Waals surface area contributed by atoms with E-state index in [9.17, 15) is 9.59 Å². The maximum absolute atomic E-state index is 13.4. The van der Waals surface area contributed by atoms with E-state index < -0.39 is 0 Å². The summed E-state index contributed by atoms with van der Waals surface area (Å²) in [6.07, 6.45) is 4.98. The zero-order valence-electron chi connectivity index (χ0n) is 20.3. The van der Waals surface area contributed by atoms with Gasteiger partial charge in [-0.1, -0.05) is 35.9 Å². The molecule has 11 heteroatoms. The molecule has 2 aromatic carbocycles. The zero-order chi connectivity index (χ0) is 26.2. The Bertz CT molecular complexity index is 1690. The van der Waals surface area contributed by atoms with Crippen LogP contribution in [0.4, 0.5) is 0 Å². The molecule has 1 aliphatic heterocycles. The third-order valence-electron chi connectivity index (χ3n) is 6.75. The van der Waals surface area contributed by atoms with Crippen LogP contribution >= 0.6 is 11.6 Å². The summed E-state index contributed by atoms with van der Waals surface area (Å²) in [4.78, 5) is 32.9. The number of tetrazole rings is 1. The second-order valence-electron chi connectivity index (χ2n) is 9.05. The van der Waals surface area contributed by atoms with E-state index >= 15 is 0 Å². The third kappa shape index (κ3) is 4.39. The van der Waals surface area contributed by atoms with Gasteiger partial charge in [0.15, 0.2) is 0 Å². The van der Waals surface area contributed by atoms with Crippen molar-refractivity contribution in [3.63, 3.8) is 0 Å². The molecule has 0 fully saturated rings. The Morgan fingerprint density at radius 3 is 2.74 bits per heavy atom. The van der Waals surface area contributed by atoms with Gasteiger partial charge in [0.05, 0.1) is 37.2 Å². The van der Waals surface area contributed by atoms with Crippen LogP contribution in [0.1, 0.15) is 29.5 Å². The van der Waals surface area contributed by atoms with Crippen LogP contribution in [0.5, 0.6) is 0 Å². The Morgan fingerprint density at radius 2 is 1.97 bits per heavy atom. The minimum Gasteiger partial charge on any atom is -0.469 e. The van der Waals surface area contributed by atoms with Gasteiger partial charge in [0, 0.05) is 22.3 Å². The monoisotopic (exact) mass is 527 g/mol. The fraction of sp³-hybridized carbons (Fsp3) is 0.185. The van der Waals surface area contributed by atoms with Crippen LogP contribution < -0.4 is 5.56 Å². The number of imidazole rings is 1. The number of ether oxygens (including phenoxy) is 1. The highest BCUT2D eigenvalue weighted by atomic mass is 35.5. The number of hydrogen-bond donors (Lipinski definition) is 1. The van der Waals surface area contributed by atoms with Crippen molar-refractivity contribution < 1.29 is 9.53 Å². The lowest BCUT2D eigenvalue weighted by molar-refractivity contribution is -0.139. The number of H-pyrrole nitrogens is 1. The number of hydrogen-bond acceptors (Lipinski definition) is 7. The van der Waals surface area contributed by atoms with Crippen molar-refractivity contribution in [2.75, 3.05) is 7.11 Å². The number of aromatic amines is 1. The van der Waals surface area contributed by atoms with E-state index in [2.05, 4.69) is 25.5 Å². The summed E-state index contributed by atoms with van der Waals surface area (Å²) in [6.45, 7) is 0. The molecule has 5 aromatic rings. The highest BCUT2D eigenvalue weighted by Crippen LogP contribution is 2.34. The number of methoxy groups -OCH3 is 1. The van der Waals surface area contributed by atoms with Crippen LogP contribution in [0, 0.1) is 0 Å². The summed E-state index contributed by atoms with van der Waals surface area (Å²) in [7, 11) is 1.38. The van der Waals surface area contributed by atoms with Gasteiger partial charge in [0.2, 0.25) is 0 Å². The number of rotatable bonds is 6. The van der Waals surface area contributed by atoms with Crippen molar-refractivity contribution in [3.8, 4) is 28.1 Å². The molecule has 190 valence electrons. The molecule has 0 radical (unpaired) electrons. The largest absolute Gasteiger partial charge is 0.469 e. The molecule has 3 aromatic heterocycles. The minimum absolute atomic E-state index is 0.118. The fourth-order valence-electron chi connectivity index (χ4n) is 4.91. The smallest absolute Gasteiger partial charge is 0.309 e. The second-order valence-corrected chi connectivity index (χ2v) is 9.48. The van der Waals surface area contributed by atoms with Crippen molar-refractivity contribution >= 4 is 17.6 Å². The number of aryl methyl sites for hydroxylation is 1. The summed E-state index contributed by atoms with van der Waals surface area (Å²) < 4.78 is 8.08. The Labute approximate surface area is 221 Å². The molecule has 0 amide bonds. The van der Waals surface area contributed by atoms with Gasteiger partial charge < -0.3 is 14.3 Å². The van der Waals surface area contributed by atoms with Gasteiger partial charge in [0.25, 0.3) is 5.56 Å². The number of esters is 1. The standard InChI is InChI=1S/C27H22ClN7O3/c1-38-26(37)10-16-2-4-17(5-3-16)22-14-29-27(31-22)24-9-7-20-11-18(12-25(36)35(20)24)21-13-19(28)6-8-23(21)34-15-30-32-33-34/h2-6,8,11-15,24H,7,9-10H2,1H3,(H,29,31)/t24-/m0/s1.